The van der Waals surface area contributed by atoms with Crippen molar-refractivity contribution < 1.29 is 5.11 Å². The number of likely N-dealkylation sites (tertiary alicyclic amines) is 1. The topological polar surface area (TPSA) is 59.9 Å². The highest BCUT2D eigenvalue weighted by Gasteiger charge is 2.31. The highest BCUT2D eigenvalue weighted by molar-refractivity contribution is 14.0. The molecule has 1 aliphatic carbocycles. The molecule has 0 aromatic carbocycles. The van der Waals surface area contributed by atoms with Crippen molar-refractivity contribution in [1.82, 2.24) is 15.5 Å². The second-order valence-electron chi connectivity index (χ2n) is 8.32. The molecule has 2 fully saturated rings. The summed E-state index contributed by atoms with van der Waals surface area (Å²) in [5, 5.41) is 16.4. The first kappa shape index (κ1) is 25.0. The summed E-state index contributed by atoms with van der Waals surface area (Å²) < 4.78 is 0. The van der Waals surface area contributed by atoms with Gasteiger partial charge in [0.05, 0.1) is 0 Å². The first-order valence-electron chi connectivity index (χ1n) is 11.1. The summed E-state index contributed by atoms with van der Waals surface area (Å²) in [6.07, 6.45) is 11.2. The van der Waals surface area contributed by atoms with E-state index in [0.717, 1.165) is 37.9 Å². The van der Waals surface area contributed by atoms with E-state index in [-0.39, 0.29) is 36.0 Å². The van der Waals surface area contributed by atoms with Gasteiger partial charge >= 0.3 is 0 Å². The Bertz CT molecular complexity index is 399. The van der Waals surface area contributed by atoms with Crippen molar-refractivity contribution in [2.45, 2.75) is 71.6 Å². The minimum Gasteiger partial charge on any atom is -0.396 e. The second-order valence-corrected chi connectivity index (χ2v) is 8.32. The fraction of sp³-hybridized carbons (Fsp3) is 0.952. The van der Waals surface area contributed by atoms with Crippen LogP contribution >= 0.6 is 24.0 Å². The standard InChI is InChI=1S/C21H42N4O.HI/c1-3-22-20(23-14-8-19-9-15-25(4-2)16-10-19)24-18-21(13-17-26)11-6-5-7-12-21;/h19,26H,3-18H2,1-2H3,(H2,22,23,24);1H. The molecule has 6 heteroatoms. The van der Waals surface area contributed by atoms with Gasteiger partial charge in [0.25, 0.3) is 0 Å². The van der Waals surface area contributed by atoms with Crippen LogP contribution in [0.15, 0.2) is 4.99 Å². The third kappa shape index (κ3) is 8.86. The number of piperidine rings is 1. The van der Waals surface area contributed by atoms with E-state index in [0.29, 0.717) is 0 Å². The van der Waals surface area contributed by atoms with Crippen LogP contribution in [0.25, 0.3) is 0 Å². The van der Waals surface area contributed by atoms with E-state index in [4.69, 9.17) is 4.99 Å². The minimum absolute atomic E-state index is 0. The number of hydrogen-bond acceptors (Lipinski definition) is 3. The van der Waals surface area contributed by atoms with Gasteiger partial charge in [-0.05, 0) is 76.4 Å². The molecule has 2 rings (SSSR count). The van der Waals surface area contributed by atoms with E-state index in [1.807, 2.05) is 0 Å². The van der Waals surface area contributed by atoms with Crippen molar-refractivity contribution >= 4 is 29.9 Å². The maximum absolute atomic E-state index is 9.49. The van der Waals surface area contributed by atoms with Crippen LogP contribution in [0.5, 0.6) is 0 Å². The Morgan fingerprint density at radius 3 is 2.41 bits per heavy atom. The Morgan fingerprint density at radius 1 is 1.11 bits per heavy atom. The van der Waals surface area contributed by atoms with Gasteiger partial charge in [-0.2, -0.15) is 0 Å². The molecule has 0 aromatic rings. The quantitative estimate of drug-likeness (QED) is 0.261. The summed E-state index contributed by atoms with van der Waals surface area (Å²) in [6.45, 7) is 11.1. The number of nitrogens with zero attached hydrogens (tertiary/aromatic N) is 2. The molecule has 1 aliphatic heterocycles. The summed E-state index contributed by atoms with van der Waals surface area (Å²) in [4.78, 5) is 7.47. The van der Waals surface area contributed by atoms with E-state index in [1.165, 1.54) is 71.0 Å². The van der Waals surface area contributed by atoms with Crippen LogP contribution in [0.4, 0.5) is 0 Å². The average molecular weight is 495 g/mol. The Hall–Kier alpha value is -0.0800. The largest absolute Gasteiger partial charge is 0.396 e. The normalized spacial score (nSPS) is 21.5. The Morgan fingerprint density at radius 2 is 1.81 bits per heavy atom. The molecule has 0 amide bonds. The third-order valence-corrected chi connectivity index (χ3v) is 6.47. The second kappa shape index (κ2) is 14.0. The Kier molecular flexibility index (Phi) is 12.9. The zero-order valence-electron chi connectivity index (χ0n) is 17.6. The van der Waals surface area contributed by atoms with Gasteiger partial charge in [0, 0.05) is 26.2 Å². The Balaban J connectivity index is 0.00000364. The van der Waals surface area contributed by atoms with Crippen LogP contribution in [0.2, 0.25) is 0 Å². The zero-order valence-corrected chi connectivity index (χ0v) is 20.0. The lowest BCUT2D eigenvalue weighted by Crippen LogP contribution is -2.40. The van der Waals surface area contributed by atoms with Crippen molar-refractivity contribution in [3.8, 4) is 0 Å². The highest BCUT2D eigenvalue weighted by Crippen LogP contribution is 2.39. The highest BCUT2D eigenvalue weighted by atomic mass is 127. The van der Waals surface area contributed by atoms with Crippen LogP contribution in [0.3, 0.4) is 0 Å². The number of aliphatic hydroxyl groups is 1. The van der Waals surface area contributed by atoms with E-state index >= 15 is 0 Å². The Labute approximate surface area is 184 Å². The lowest BCUT2D eigenvalue weighted by Gasteiger charge is -2.35. The van der Waals surface area contributed by atoms with Gasteiger partial charge in [0.1, 0.15) is 0 Å². The van der Waals surface area contributed by atoms with Gasteiger partial charge in [0.15, 0.2) is 5.96 Å². The molecule has 1 heterocycles. The zero-order chi connectivity index (χ0) is 18.7. The molecule has 0 spiro atoms. The molecule has 3 N–H and O–H groups in total. The number of nitrogens with one attached hydrogen (secondary N) is 2. The van der Waals surface area contributed by atoms with Crippen LogP contribution < -0.4 is 10.6 Å². The number of halogens is 1. The predicted octanol–water partition coefficient (Wildman–Crippen LogP) is 3.61. The molecule has 0 radical (unpaired) electrons. The molecular formula is C21H43IN4O. The summed E-state index contributed by atoms with van der Waals surface area (Å²) in [7, 11) is 0. The number of aliphatic imine (C=N–C) groups is 1. The number of rotatable bonds is 9. The van der Waals surface area contributed by atoms with Crippen molar-refractivity contribution in [2.75, 3.05) is 45.9 Å². The molecular weight excluding hydrogens is 451 g/mol. The van der Waals surface area contributed by atoms with Crippen molar-refractivity contribution in [1.29, 1.82) is 0 Å². The SMILES string of the molecule is CCNC(=NCC1(CCO)CCCCC1)NCCC1CCN(CC)CC1.I. The minimum atomic E-state index is 0. The van der Waals surface area contributed by atoms with Crippen molar-refractivity contribution in [2.24, 2.45) is 16.3 Å². The molecule has 27 heavy (non-hydrogen) atoms. The predicted molar refractivity (Wildman–Crippen MR) is 126 cm³/mol. The van der Waals surface area contributed by atoms with E-state index in [2.05, 4.69) is 29.4 Å². The van der Waals surface area contributed by atoms with Crippen molar-refractivity contribution in [3.05, 3.63) is 0 Å². The lowest BCUT2D eigenvalue weighted by atomic mass is 9.72. The molecule has 5 nitrogen and oxygen atoms in total. The smallest absolute Gasteiger partial charge is 0.191 e. The van der Waals surface area contributed by atoms with Gasteiger partial charge in [-0.3, -0.25) is 4.99 Å². The number of aliphatic hydroxyl groups excluding tert-OH is 1. The maximum atomic E-state index is 9.49. The molecule has 0 bridgehead atoms. The molecule has 1 saturated heterocycles. The first-order valence-corrected chi connectivity index (χ1v) is 11.1. The van der Waals surface area contributed by atoms with Gasteiger partial charge in [0.2, 0.25) is 0 Å². The van der Waals surface area contributed by atoms with Crippen LogP contribution in [-0.2, 0) is 0 Å². The fourth-order valence-corrected chi connectivity index (χ4v) is 4.60. The number of hydrogen-bond donors (Lipinski definition) is 3. The third-order valence-electron chi connectivity index (χ3n) is 6.47. The average Bonchev–Trinajstić information content (AvgIpc) is 2.68. The summed E-state index contributed by atoms with van der Waals surface area (Å²) in [5.74, 6) is 1.81. The molecule has 2 aliphatic rings. The number of guanidine groups is 1. The van der Waals surface area contributed by atoms with Gasteiger partial charge in [-0.15, -0.1) is 24.0 Å². The molecule has 160 valence electrons. The van der Waals surface area contributed by atoms with Gasteiger partial charge in [-0.1, -0.05) is 26.2 Å². The molecule has 1 saturated carbocycles. The van der Waals surface area contributed by atoms with E-state index < -0.39 is 0 Å². The molecule has 0 atom stereocenters. The summed E-state index contributed by atoms with van der Waals surface area (Å²) in [6, 6.07) is 0. The summed E-state index contributed by atoms with van der Waals surface area (Å²) >= 11 is 0. The first-order chi connectivity index (χ1) is 12.7. The van der Waals surface area contributed by atoms with Gasteiger partial charge in [-0.25, -0.2) is 0 Å². The van der Waals surface area contributed by atoms with Gasteiger partial charge < -0.3 is 20.6 Å². The van der Waals surface area contributed by atoms with E-state index in [9.17, 15) is 5.11 Å². The monoisotopic (exact) mass is 494 g/mol. The van der Waals surface area contributed by atoms with Crippen LogP contribution in [-0.4, -0.2) is 61.8 Å². The lowest BCUT2D eigenvalue weighted by molar-refractivity contribution is 0.137. The fourth-order valence-electron chi connectivity index (χ4n) is 4.60. The molecule has 0 aromatic heterocycles. The van der Waals surface area contributed by atoms with Crippen LogP contribution in [0.1, 0.15) is 71.6 Å². The van der Waals surface area contributed by atoms with Crippen molar-refractivity contribution in [3.63, 3.8) is 0 Å². The van der Waals surface area contributed by atoms with Crippen LogP contribution in [0, 0.1) is 11.3 Å². The van der Waals surface area contributed by atoms with E-state index in [1.54, 1.807) is 0 Å². The summed E-state index contributed by atoms with van der Waals surface area (Å²) in [5.41, 5.74) is 0.225. The maximum Gasteiger partial charge on any atom is 0.191 e. The molecule has 0 unspecified atom stereocenters.